The van der Waals surface area contributed by atoms with Crippen molar-refractivity contribution in [3.63, 3.8) is 0 Å². The fraction of sp³-hybridized carbons (Fsp3) is 0.429. The number of aryl methyl sites for hydroxylation is 1. The number of aromatic amines is 1. The molecule has 1 aliphatic heterocycles. The van der Waals surface area contributed by atoms with Crippen molar-refractivity contribution in [1.29, 1.82) is 0 Å². The van der Waals surface area contributed by atoms with Crippen LogP contribution in [0.15, 0.2) is 18.7 Å². The average molecular weight is 342 g/mol. The van der Waals surface area contributed by atoms with Crippen LogP contribution in [-0.4, -0.2) is 39.6 Å². The molecule has 0 bridgehead atoms. The van der Waals surface area contributed by atoms with Crippen LogP contribution in [0.3, 0.4) is 0 Å². The molecule has 8 heteroatoms. The number of halogens is 2. The zero-order chi connectivity index (χ0) is 15.7. The van der Waals surface area contributed by atoms with Gasteiger partial charge >= 0.3 is 0 Å². The van der Waals surface area contributed by atoms with Crippen molar-refractivity contribution in [2.24, 2.45) is 0 Å². The predicted molar refractivity (Wildman–Crippen MR) is 85.6 cm³/mol. The molecule has 2 atom stereocenters. The Labute approximate surface area is 138 Å². The molecule has 0 radical (unpaired) electrons. The summed E-state index contributed by atoms with van der Waals surface area (Å²) in [5.74, 6) is -0.239. The molecule has 1 saturated heterocycles. The van der Waals surface area contributed by atoms with Crippen LogP contribution in [0.2, 0.25) is 10.0 Å². The van der Waals surface area contributed by atoms with E-state index in [0.717, 1.165) is 19.5 Å². The molecule has 1 aliphatic rings. The van der Waals surface area contributed by atoms with Gasteiger partial charge in [-0.25, -0.2) is 4.98 Å². The third kappa shape index (κ3) is 2.86. The molecule has 22 heavy (non-hydrogen) atoms. The van der Waals surface area contributed by atoms with Crippen LogP contribution in [0, 0.1) is 6.92 Å². The monoisotopic (exact) mass is 341 g/mol. The second-order valence-corrected chi connectivity index (χ2v) is 6.16. The first-order valence-electron chi connectivity index (χ1n) is 7.10. The van der Waals surface area contributed by atoms with Crippen LogP contribution < -0.4 is 10.6 Å². The maximum absolute atomic E-state index is 12.5. The van der Waals surface area contributed by atoms with Gasteiger partial charge in [0.1, 0.15) is 5.69 Å². The van der Waals surface area contributed by atoms with Crippen molar-refractivity contribution in [3.05, 3.63) is 40.2 Å². The quantitative estimate of drug-likeness (QED) is 0.800. The Morgan fingerprint density at radius 3 is 2.91 bits per heavy atom. The molecule has 2 aromatic rings. The normalized spacial score (nSPS) is 21.8. The summed E-state index contributed by atoms with van der Waals surface area (Å²) in [5, 5.41) is 7.05. The second kappa shape index (κ2) is 6.32. The smallest absolute Gasteiger partial charge is 0.269 e. The molecular formula is C14H17Cl2N5O. The van der Waals surface area contributed by atoms with Gasteiger partial charge in [-0.2, -0.15) is 0 Å². The first-order valence-corrected chi connectivity index (χ1v) is 7.86. The van der Waals surface area contributed by atoms with Crippen LogP contribution in [0.25, 0.3) is 0 Å². The highest BCUT2D eigenvalue weighted by Gasteiger charge is 2.29. The van der Waals surface area contributed by atoms with E-state index in [0.29, 0.717) is 16.4 Å². The van der Waals surface area contributed by atoms with Crippen molar-refractivity contribution in [1.82, 2.24) is 25.2 Å². The number of carbonyl (C=O) groups is 1. The SMILES string of the molecule is Cc1[nH]c(C(=O)NC2CCNCC2n2ccnc2)c(Cl)c1Cl. The minimum absolute atomic E-state index is 0.00129. The molecule has 3 rings (SSSR count). The fourth-order valence-corrected chi connectivity index (χ4v) is 3.17. The number of nitrogens with one attached hydrogen (secondary N) is 3. The zero-order valence-electron chi connectivity index (χ0n) is 12.1. The first-order chi connectivity index (χ1) is 10.6. The molecule has 6 nitrogen and oxygen atoms in total. The topological polar surface area (TPSA) is 74.7 Å². The summed E-state index contributed by atoms with van der Waals surface area (Å²) in [6.45, 7) is 3.41. The average Bonchev–Trinajstić information content (AvgIpc) is 3.13. The molecule has 2 unspecified atom stereocenters. The third-order valence-electron chi connectivity index (χ3n) is 3.96. The lowest BCUT2D eigenvalue weighted by Gasteiger charge is -2.33. The molecule has 0 spiro atoms. The van der Waals surface area contributed by atoms with Gasteiger partial charge in [-0.15, -0.1) is 0 Å². The van der Waals surface area contributed by atoms with E-state index in [1.807, 2.05) is 10.8 Å². The number of piperidine rings is 1. The highest BCUT2D eigenvalue weighted by Crippen LogP contribution is 2.29. The molecule has 3 N–H and O–H groups in total. The Hall–Kier alpha value is -1.50. The van der Waals surface area contributed by atoms with Gasteiger partial charge in [-0.1, -0.05) is 23.2 Å². The maximum Gasteiger partial charge on any atom is 0.269 e. The molecule has 1 amide bonds. The lowest BCUT2D eigenvalue weighted by Crippen LogP contribution is -2.50. The Bertz CT molecular complexity index is 667. The van der Waals surface area contributed by atoms with Crippen molar-refractivity contribution >= 4 is 29.1 Å². The van der Waals surface area contributed by atoms with Gasteiger partial charge in [0, 0.05) is 24.6 Å². The van der Waals surface area contributed by atoms with Gasteiger partial charge in [0.2, 0.25) is 0 Å². The lowest BCUT2D eigenvalue weighted by atomic mass is 10.0. The number of carbonyl (C=O) groups excluding carboxylic acids is 1. The standard InChI is InChI=1S/C14H17Cl2N5O/c1-8-11(15)12(16)13(19-8)14(22)20-9-2-3-17-6-10(9)21-5-4-18-7-21/h4-5,7,9-10,17,19H,2-3,6H2,1H3,(H,20,22). The van der Waals surface area contributed by atoms with Crippen molar-refractivity contribution in [2.45, 2.75) is 25.4 Å². The number of hydrogen-bond acceptors (Lipinski definition) is 3. The summed E-state index contributed by atoms with van der Waals surface area (Å²) in [7, 11) is 0. The van der Waals surface area contributed by atoms with E-state index in [-0.39, 0.29) is 23.0 Å². The number of nitrogens with zero attached hydrogens (tertiary/aromatic N) is 2. The third-order valence-corrected chi connectivity index (χ3v) is 4.90. The number of imidazole rings is 1. The Morgan fingerprint density at radius 1 is 1.45 bits per heavy atom. The van der Waals surface area contributed by atoms with Crippen LogP contribution >= 0.6 is 23.2 Å². The highest BCUT2D eigenvalue weighted by molar-refractivity contribution is 6.44. The van der Waals surface area contributed by atoms with Gasteiger partial charge in [0.25, 0.3) is 5.91 Å². The fourth-order valence-electron chi connectivity index (χ4n) is 2.76. The van der Waals surface area contributed by atoms with E-state index in [1.165, 1.54) is 0 Å². The molecule has 2 aromatic heterocycles. The largest absolute Gasteiger partial charge is 0.352 e. The summed E-state index contributed by atoms with van der Waals surface area (Å²) >= 11 is 12.1. The Kier molecular flexibility index (Phi) is 4.42. The van der Waals surface area contributed by atoms with E-state index in [2.05, 4.69) is 20.6 Å². The van der Waals surface area contributed by atoms with E-state index in [9.17, 15) is 4.79 Å². The lowest BCUT2D eigenvalue weighted by molar-refractivity contribution is 0.0908. The number of rotatable bonds is 3. The minimum Gasteiger partial charge on any atom is -0.352 e. The summed E-state index contributed by atoms with van der Waals surface area (Å²) in [4.78, 5) is 19.5. The van der Waals surface area contributed by atoms with Crippen LogP contribution in [0.5, 0.6) is 0 Å². The van der Waals surface area contributed by atoms with Crippen molar-refractivity contribution < 1.29 is 4.79 Å². The molecule has 1 fully saturated rings. The number of H-pyrrole nitrogens is 1. The van der Waals surface area contributed by atoms with Crippen LogP contribution in [-0.2, 0) is 0 Å². The Balaban J connectivity index is 1.78. The van der Waals surface area contributed by atoms with Gasteiger partial charge in [0.15, 0.2) is 0 Å². The second-order valence-electron chi connectivity index (χ2n) is 5.40. The zero-order valence-corrected chi connectivity index (χ0v) is 13.6. The first kappa shape index (κ1) is 15.4. The highest BCUT2D eigenvalue weighted by atomic mass is 35.5. The van der Waals surface area contributed by atoms with Gasteiger partial charge < -0.3 is 20.2 Å². The summed E-state index contributed by atoms with van der Waals surface area (Å²) in [5.41, 5.74) is 1.00. The summed E-state index contributed by atoms with van der Waals surface area (Å²) in [6.07, 6.45) is 6.23. The minimum atomic E-state index is -0.239. The molecule has 118 valence electrons. The summed E-state index contributed by atoms with van der Waals surface area (Å²) < 4.78 is 2.01. The molecular weight excluding hydrogens is 325 g/mol. The predicted octanol–water partition coefficient (Wildman–Crippen LogP) is 2.16. The van der Waals surface area contributed by atoms with E-state index in [4.69, 9.17) is 23.2 Å². The van der Waals surface area contributed by atoms with E-state index in [1.54, 1.807) is 19.4 Å². The number of aromatic nitrogens is 3. The van der Waals surface area contributed by atoms with Crippen molar-refractivity contribution in [2.75, 3.05) is 13.1 Å². The number of hydrogen-bond donors (Lipinski definition) is 3. The van der Waals surface area contributed by atoms with E-state index < -0.39 is 0 Å². The van der Waals surface area contributed by atoms with Gasteiger partial charge in [0.05, 0.1) is 28.5 Å². The van der Waals surface area contributed by atoms with E-state index >= 15 is 0 Å². The van der Waals surface area contributed by atoms with Crippen LogP contribution in [0.4, 0.5) is 0 Å². The Morgan fingerprint density at radius 2 is 2.27 bits per heavy atom. The number of amides is 1. The summed E-state index contributed by atoms with van der Waals surface area (Å²) in [6, 6.07) is 0.118. The molecule has 0 saturated carbocycles. The van der Waals surface area contributed by atoms with Crippen molar-refractivity contribution in [3.8, 4) is 0 Å². The van der Waals surface area contributed by atoms with Gasteiger partial charge in [-0.3, -0.25) is 4.79 Å². The molecule has 0 aromatic carbocycles. The van der Waals surface area contributed by atoms with Gasteiger partial charge in [-0.05, 0) is 19.9 Å². The van der Waals surface area contributed by atoms with Crippen LogP contribution in [0.1, 0.15) is 28.6 Å². The molecule has 3 heterocycles. The maximum atomic E-state index is 12.5. The molecule has 0 aliphatic carbocycles.